The molecular formula is C20H28N2S. The van der Waals surface area contributed by atoms with Crippen molar-refractivity contribution < 1.29 is 0 Å². The second kappa shape index (κ2) is 5.77. The molecule has 3 heteroatoms. The smallest absolute Gasteiger partial charge is 0.0656 e. The minimum absolute atomic E-state index is 0.266. The average Bonchev–Trinajstić information content (AvgIpc) is 3.28. The van der Waals surface area contributed by atoms with E-state index in [0.29, 0.717) is 12.0 Å². The van der Waals surface area contributed by atoms with Crippen LogP contribution in [0.25, 0.3) is 0 Å². The predicted molar refractivity (Wildman–Crippen MR) is 97.4 cm³/mol. The number of nitrogens with zero attached hydrogens (tertiary/aromatic N) is 2. The van der Waals surface area contributed by atoms with Crippen LogP contribution in [0.1, 0.15) is 74.3 Å². The molecule has 0 radical (unpaired) electrons. The van der Waals surface area contributed by atoms with Gasteiger partial charge in [0.2, 0.25) is 0 Å². The highest BCUT2D eigenvalue weighted by Gasteiger charge is 2.42. The van der Waals surface area contributed by atoms with E-state index in [4.69, 9.17) is 5.10 Å². The molecule has 1 fully saturated rings. The lowest BCUT2D eigenvalue weighted by atomic mass is 9.66. The maximum absolute atomic E-state index is 5.09. The summed E-state index contributed by atoms with van der Waals surface area (Å²) in [6, 6.07) is 5.20. The summed E-state index contributed by atoms with van der Waals surface area (Å²) >= 11 is 1.93. The standard InChI is InChI=1S/C20H28N2S/c1-4-17-16-12-14(2)20(3,19-10-7-11-23-19)13-18(16)22(21-17)15-8-5-6-9-15/h7,10-11,14-15H,4-6,8-9,12-13H2,1-3H3. The van der Waals surface area contributed by atoms with Gasteiger partial charge in [0.05, 0.1) is 11.7 Å². The van der Waals surface area contributed by atoms with Crippen LogP contribution >= 0.6 is 11.3 Å². The molecule has 2 aromatic heterocycles. The van der Waals surface area contributed by atoms with Crippen LogP contribution in [0.4, 0.5) is 0 Å². The van der Waals surface area contributed by atoms with E-state index >= 15 is 0 Å². The van der Waals surface area contributed by atoms with Crippen molar-refractivity contribution in [3.8, 4) is 0 Å². The van der Waals surface area contributed by atoms with Crippen molar-refractivity contribution >= 4 is 11.3 Å². The molecule has 2 heterocycles. The van der Waals surface area contributed by atoms with E-state index in [2.05, 4.69) is 43.0 Å². The average molecular weight is 329 g/mol. The Morgan fingerprint density at radius 2 is 2.13 bits per heavy atom. The summed E-state index contributed by atoms with van der Waals surface area (Å²) in [4.78, 5) is 1.55. The molecule has 2 atom stereocenters. The Balaban J connectivity index is 1.79. The van der Waals surface area contributed by atoms with E-state index in [0.717, 1.165) is 12.8 Å². The summed E-state index contributed by atoms with van der Waals surface area (Å²) in [7, 11) is 0. The molecule has 4 rings (SSSR count). The molecule has 0 bridgehead atoms. The van der Waals surface area contributed by atoms with Crippen molar-refractivity contribution in [3.63, 3.8) is 0 Å². The highest BCUT2D eigenvalue weighted by Crippen LogP contribution is 2.46. The number of thiophene rings is 1. The molecular weight excluding hydrogens is 300 g/mol. The zero-order chi connectivity index (χ0) is 16.0. The molecule has 124 valence electrons. The van der Waals surface area contributed by atoms with E-state index in [1.165, 1.54) is 37.8 Å². The van der Waals surface area contributed by atoms with Crippen LogP contribution in [-0.4, -0.2) is 9.78 Å². The Labute approximate surface area is 143 Å². The van der Waals surface area contributed by atoms with Crippen LogP contribution < -0.4 is 0 Å². The lowest BCUT2D eigenvalue weighted by Gasteiger charge is -2.40. The van der Waals surface area contributed by atoms with Crippen LogP contribution in [0.3, 0.4) is 0 Å². The molecule has 0 N–H and O–H groups in total. The van der Waals surface area contributed by atoms with Gasteiger partial charge in [0.25, 0.3) is 0 Å². The van der Waals surface area contributed by atoms with Crippen molar-refractivity contribution in [2.75, 3.05) is 0 Å². The monoisotopic (exact) mass is 328 g/mol. The number of aromatic nitrogens is 2. The van der Waals surface area contributed by atoms with E-state index in [1.807, 2.05) is 11.3 Å². The Morgan fingerprint density at radius 1 is 1.35 bits per heavy atom. The van der Waals surface area contributed by atoms with Crippen LogP contribution in [0.5, 0.6) is 0 Å². The number of hydrogen-bond donors (Lipinski definition) is 0. The predicted octanol–water partition coefficient (Wildman–Crippen LogP) is 5.31. The lowest BCUT2D eigenvalue weighted by Crippen LogP contribution is -2.38. The van der Waals surface area contributed by atoms with Gasteiger partial charge in [0.1, 0.15) is 0 Å². The van der Waals surface area contributed by atoms with Gasteiger partial charge in [-0.25, -0.2) is 0 Å². The van der Waals surface area contributed by atoms with E-state index in [-0.39, 0.29) is 5.41 Å². The SMILES string of the molecule is CCc1nn(C2CCCC2)c2c1CC(C)C(C)(c1cccs1)C2. The molecule has 2 aliphatic rings. The second-order valence-electron chi connectivity index (χ2n) is 7.79. The summed E-state index contributed by atoms with van der Waals surface area (Å²) in [5, 5.41) is 7.32. The third-order valence-corrected chi connectivity index (χ3v) is 7.57. The first-order valence-corrected chi connectivity index (χ1v) is 10.1. The van der Waals surface area contributed by atoms with Gasteiger partial charge in [-0.1, -0.05) is 39.7 Å². The Kier molecular flexibility index (Phi) is 3.87. The van der Waals surface area contributed by atoms with Gasteiger partial charge in [-0.3, -0.25) is 4.68 Å². The summed E-state index contributed by atoms with van der Waals surface area (Å²) in [5.41, 5.74) is 4.78. The van der Waals surface area contributed by atoms with Crippen molar-refractivity contribution in [1.29, 1.82) is 0 Å². The Bertz CT molecular complexity index is 679. The van der Waals surface area contributed by atoms with E-state index in [9.17, 15) is 0 Å². The fourth-order valence-corrected chi connectivity index (χ4v) is 5.70. The summed E-state index contributed by atoms with van der Waals surface area (Å²) < 4.78 is 2.46. The molecule has 0 aromatic carbocycles. The van der Waals surface area contributed by atoms with Crippen LogP contribution in [0, 0.1) is 5.92 Å². The Morgan fingerprint density at radius 3 is 2.78 bits per heavy atom. The topological polar surface area (TPSA) is 17.8 Å². The summed E-state index contributed by atoms with van der Waals surface area (Å²) in [6.45, 7) is 7.18. The van der Waals surface area contributed by atoms with Crippen LogP contribution in [0.15, 0.2) is 17.5 Å². The van der Waals surface area contributed by atoms with Gasteiger partial charge < -0.3 is 0 Å². The largest absolute Gasteiger partial charge is 0.266 e. The van der Waals surface area contributed by atoms with Gasteiger partial charge in [0.15, 0.2) is 0 Å². The van der Waals surface area contributed by atoms with Crippen LogP contribution in [0.2, 0.25) is 0 Å². The molecule has 23 heavy (non-hydrogen) atoms. The second-order valence-corrected chi connectivity index (χ2v) is 8.73. The summed E-state index contributed by atoms with van der Waals surface area (Å²) in [5.74, 6) is 0.681. The molecule has 0 amide bonds. The number of rotatable bonds is 3. The van der Waals surface area contributed by atoms with Gasteiger partial charge in [0, 0.05) is 22.4 Å². The van der Waals surface area contributed by atoms with Gasteiger partial charge in [-0.15, -0.1) is 11.3 Å². The molecule has 0 saturated heterocycles. The molecule has 0 spiro atoms. The quantitative estimate of drug-likeness (QED) is 0.746. The first-order valence-electron chi connectivity index (χ1n) is 9.26. The maximum Gasteiger partial charge on any atom is 0.0656 e. The minimum Gasteiger partial charge on any atom is -0.266 e. The molecule has 1 saturated carbocycles. The maximum atomic E-state index is 5.09. The number of hydrogen-bond acceptors (Lipinski definition) is 2. The third kappa shape index (κ3) is 2.39. The lowest BCUT2D eigenvalue weighted by molar-refractivity contribution is 0.282. The number of aryl methyl sites for hydroxylation is 1. The van der Waals surface area contributed by atoms with E-state index in [1.54, 1.807) is 16.1 Å². The molecule has 0 aliphatic heterocycles. The first kappa shape index (κ1) is 15.4. The fourth-order valence-electron chi connectivity index (χ4n) is 4.70. The molecule has 2 nitrogen and oxygen atoms in total. The normalized spacial score (nSPS) is 28.2. The van der Waals surface area contributed by atoms with Crippen molar-refractivity contribution in [1.82, 2.24) is 9.78 Å². The third-order valence-electron chi connectivity index (χ3n) is 6.42. The van der Waals surface area contributed by atoms with Gasteiger partial charge in [-0.2, -0.15) is 5.10 Å². The summed E-state index contributed by atoms with van der Waals surface area (Å²) in [6.07, 6.45) is 8.82. The van der Waals surface area contributed by atoms with Gasteiger partial charge in [-0.05, 0) is 48.6 Å². The van der Waals surface area contributed by atoms with Crippen molar-refractivity contribution in [3.05, 3.63) is 39.3 Å². The fraction of sp³-hybridized carbons (Fsp3) is 0.650. The van der Waals surface area contributed by atoms with Crippen molar-refractivity contribution in [2.24, 2.45) is 5.92 Å². The number of fused-ring (bicyclic) bond motifs is 1. The van der Waals surface area contributed by atoms with Crippen molar-refractivity contribution in [2.45, 2.75) is 77.2 Å². The van der Waals surface area contributed by atoms with Gasteiger partial charge >= 0.3 is 0 Å². The zero-order valence-electron chi connectivity index (χ0n) is 14.6. The molecule has 2 aliphatic carbocycles. The highest BCUT2D eigenvalue weighted by atomic mass is 32.1. The Hall–Kier alpha value is -1.09. The minimum atomic E-state index is 0.266. The molecule has 2 unspecified atom stereocenters. The van der Waals surface area contributed by atoms with Crippen LogP contribution in [-0.2, 0) is 24.7 Å². The van der Waals surface area contributed by atoms with E-state index < -0.39 is 0 Å². The molecule has 2 aromatic rings. The highest BCUT2D eigenvalue weighted by molar-refractivity contribution is 7.10. The first-order chi connectivity index (χ1) is 11.1. The zero-order valence-corrected chi connectivity index (χ0v) is 15.5.